The van der Waals surface area contributed by atoms with E-state index in [1.807, 2.05) is 6.07 Å². The van der Waals surface area contributed by atoms with Crippen molar-refractivity contribution in [2.24, 2.45) is 0 Å². The van der Waals surface area contributed by atoms with Crippen LogP contribution in [0.25, 0.3) is 10.9 Å². The summed E-state index contributed by atoms with van der Waals surface area (Å²) in [7, 11) is 0. The highest BCUT2D eigenvalue weighted by Gasteiger charge is 2.31. The van der Waals surface area contributed by atoms with Gasteiger partial charge in [0, 0.05) is 17.4 Å². The Morgan fingerprint density at radius 2 is 1.85 bits per heavy atom. The van der Waals surface area contributed by atoms with Crippen molar-refractivity contribution in [1.82, 2.24) is 4.57 Å². The number of fused-ring (bicyclic) bond motifs is 1. The van der Waals surface area contributed by atoms with Crippen LogP contribution in [0, 0.1) is 11.3 Å². The van der Waals surface area contributed by atoms with E-state index in [1.165, 1.54) is 34.9 Å². The second-order valence-corrected chi connectivity index (χ2v) is 5.50. The molecule has 26 heavy (non-hydrogen) atoms. The van der Waals surface area contributed by atoms with Crippen molar-refractivity contribution >= 4 is 16.9 Å². The fraction of sp³-hybridized carbons (Fsp3) is 0.111. The molecule has 0 aliphatic rings. The number of aromatic carboxylic acids is 1. The van der Waals surface area contributed by atoms with Crippen LogP contribution in [0.2, 0.25) is 0 Å². The van der Waals surface area contributed by atoms with Crippen molar-refractivity contribution in [2.45, 2.75) is 12.9 Å². The Kier molecular flexibility index (Phi) is 4.30. The summed E-state index contributed by atoms with van der Waals surface area (Å²) in [6.07, 6.45) is -4.77. The third-order valence-corrected chi connectivity index (χ3v) is 3.75. The van der Waals surface area contributed by atoms with Crippen LogP contribution < -0.4 is 4.74 Å². The Hall–Kier alpha value is -3.47. The van der Waals surface area contributed by atoms with Crippen LogP contribution in [0.15, 0.2) is 48.5 Å². The number of carbonyl (C=O) groups is 1. The first-order chi connectivity index (χ1) is 12.3. The van der Waals surface area contributed by atoms with E-state index in [9.17, 15) is 23.1 Å². The third-order valence-electron chi connectivity index (χ3n) is 3.75. The largest absolute Gasteiger partial charge is 0.573 e. The molecule has 3 aromatic rings. The molecular formula is C18H11F3N2O3. The van der Waals surface area contributed by atoms with Gasteiger partial charge in [-0.3, -0.25) is 0 Å². The molecule has 0 fully saturated rings. The van der Waals surface area contributed by atoms with Gasteiger partial charge in [-0.05, 0) is 42.0 Å². The van der Waals surface area contributed by atoms with Gasteiger partial charge in [0.15, 0.2) is 0 Å². The average molecular weight is 360 g/mol. The van der Waals surface area contributed by atoms with E-state index >= 15 is 0 Å². The smallest absolute Gasteiger partial charge is 0.477 e. The summed E-state index contributed by atoms with van der Waals surface area (Å²) < 4.78 is 42.0. The molecule has 0 aliphatic carbocycles. The van der Waals surface area contributed by atoms with E-state index in [4.69, 9.17) is 5.26 Å². The monoisotopic (exact) mass is 360 g/mol. The first kappa shape index (κ1) is 17.4. The maximum absolute atomic E-state index is 12.2. The summed E-state index contributed by atoms with van der Waals surface area (Å²) >= 11 is 0. The highest BCUT2D eigenvalue weighted by Crippen LogP contribution is 2.25. The normalized spacial score (nSPS) is 11.3. The number of alkyl halides is 3. The summed E-state index contributed by atoms with van der Waals surface area (Å²) in [5.41, 5.74) is 1.63. The molecule has 0 saturated carbocycles. The molecule has 8 heteroatoms. The molecule has 0 radical (unpaired) electrons. The Labute approximate surface area is 145 Å². The van der Waals surface area contributed by atoms with Crippen molar-refractivity contribution in [3.05, 3.63) is 65.4 Å². The maximum atomic E-state index is 12.2. The van der Waals surface area contributed by atoms with Crippen LogP contribution in [0.1, 0.15) is 21.6 Å². The molecule has 0 aliphatic heterocycles. The molecule has 5 nitrogen and oxygen atoms in total. The lowest BCUT2D eigenvalue weighted by Crippen LogP contribution is -2.17. The number of carboxylic acid groups (broad SMARTS) is 1. The number of nitrogens with zero attached hydrogens (tertiary/aromatic N) is 2. The van der Waals surface area contributed by atoms with Gasteiger partial charge in [0.2, 0.25) is 0 Å². The predicted octanol–water partition coefficient (Wildman–Crippen LogP) is 4.16. The predicted molar refractivity (Wildman–Crippen MR) is 85.8 cm³/mol. The molecule has 0 spiro atoms. The molecule has 0 amide bonds. The first-order valence-corrected chi connectivity index (χ1v) is 7.38. The topological polar surface area (TPSA) is 75.3 Å². The Morgan fingerprint density at radius 3 is 2.42 bits per heavy atom. The molecule has 0 saturated heterocycles. The second-order valence-electron chi connectivity index (χ2n) is 5.50. The summed E-state index contributed by atoms with van der Waals surface area (Å²) in [6, 6.07) is 13.4. The van der Waals surface area contributed by atoms with Gasteiger partial charge in [-0.25, -0.2) is 4.79 Å². The maximum Gasteiger partial charge on any atom is 0.573 e. The molecule has 3 rings (SSSR count). The molecule has 1 aromatic heterocycles. The van der Waals surface area contributed by atoms with Crippen molar-refractivity contribution in [3.63, 3.8) is 0 Å². The van der Waals surface area contributed by atoms with Gasteiger partial charge in [-0.2, -0.15) is 5.26 Å². The van der Waals surface area contributed by atoms with Gasteiger partial charge in [0.25, 0.3) is 0 Å². The lowest BCUT2D eigenvalue weighted by Gasteiger charge is -2.11. The van der Waals surface area contributed by atoms with E-state index in [0.717, 1.165) is 0 Å². The zero-order valence-electron chi connectivity index (χ0n) is 13.1. The zero-order valence-corrected chi connectivity index (χ0v) is 13.1. The van der Waals surface area contributed by atoms with Crippen LogP contribution in [-0.4, -0.2) is 22.0 Å². The van der Waals surface area contributed by atoms with E-state index in [0.29, 0.717) is 22.0 Å². The molecule has 0 unspecified atom stereocenters. The van der Waals surface area contributed by atoms with Gasteiger partial charge in [-0.1, -0.05) is 12.1 Å². The summed E-state index contributed by atoms with van der Waals surface area (Å²) in [4.78, 5) is 11.5. The highest BCUT2D eigenvalue weighted by atomic mass is 19.4. The van der Waals surface area contributed by atoms with Crippen molar-refractivity contribution in [1.29, 1.82) is 5.26 Å². The number of benzene rings is 2. The fourth-order valence-electron chi connectivity index (χ4n) is 2.67. The minimum Gasteiger partial charge on any atom is -0.477 e. The molecular weight excluding hydrogens is 349 g/mol. The van der Waals surface area contributed by atoms with Crippen LogP contribution in [0.4, 0.5) is 13.2 Å². The van der Waals surface area contributed by atoms with E-state index in [2.05, 4.69) is 4.74 Å². The van der Waals surface area contributed by atoms with Crippen LogP contribution in [-0.2, 0) is 6.54 Å². The summed E-state index contributed by atoms with van der Waals surface area (Å²) in [6.45, 7) is 0.142. The number of ether oxygens (including phenoxy) is 1. The molecule has 1 heterocycles. The summed E-state index contributed by atoms with van der Waals surface area (Å²) in [5, 5.41) is 19.0. The van der Waals surface area contributed by atoms with Crippen molar-refractivity contribution < 1.29 is 27.8 Å². The minimum atomic E-state index is -4.77. The standard InChI is InChI=1S/C18H11F3N2O3/c19-18(20,21)26-14-4-1-11(2-5-14)10-23-15-6-3-12(9-22)7-13(15)8-16(23)17(24)25/h1-8H,10H2,(H,24,25). The Bertz CT molecular complexity index is 1020. The van der Waals surface area contributed by atoms with Gasteiger partial charge in [0.1, 0.15) is 11.4 Å². The van der Waals surface area contributed by atoms with Crippen LogP contribution in [0.3, 0.4) is 0 Å². The van der Waals surface area contributed by atoms with Crippen LogP contribution >= 0.6 is 0 Å². The molecule has 0 bridgehead atoms. The number of aromatic nitrogens is 1. The van der Waals surface area contributed by atoms with Gasteiger partial charge in [0.05, 0.1) is 11.6 Å². The Morgan fingerprint density at radius 1 is 1.15 bits per heavy atom. The number of carboxylic acids is 1. The quantitative estimate of drug-likeness (QED) is 0.758. The fourth-order valence-corrected chi connectivity index (χ4v) is 2.67. The lowest BCUT2D eigenvalue weighted by atomic mass is 10.1. The SMILES string of the molecule is N#Cc1ccc2c(c1)cc(C(=O)O)n2Cc1ccc(OC(F)(F)F)cc1. The molecule has 1 N–H and O–H groups in total. The van der Waals surface area contributed by atoms with Gasteiger partial charge >= 0.3 is 12.3 Å². The van der Waals surface area contributed by atoms with Gasteiger partial charge in [-0.15, -0.1) is 13.2 Å². The average Bonchev–Trinajstić information content (AvgIpc) is 2.93. The number of nitriles is 1. The second kappa shape index (κ2) is 6.44. The van der Waals surface area contributed by atoms with Crippen molar-refractivity contribution in [3.8, 4) is 11.8 Å². The van der Waals surface area contributed by atoms with E-state index in [1.54, 1.807) is 18.2 Å². The Balaban J connectivity index is 1.96. The van der Waals surface area contributed by atoms with E-state index < -0.39 is 12.3 Å². The molecule has 0 atom stereocenters. The molecule has 2 aromatic carbocycles. The molecule has 132 valence electrons. The number of rotatable bonds is 4. The minimum absolute atomic E-state index is 0.0192. The number of hydrogen-bond acceptors (Lipinski definition) is 3. The highest BCUT2D eigenvalue weighted by molar-refractivity contribution is 5.95. The number of hydrogen-bond donors (Lipinski definition) is 1. The van der Waals surface area contributed by atoms with E-state index in [-0.39, 0.29) is 18.0 Å². The third kappa shape index (κ3) is 3.62. The van der Waals surface area contributed by atoms with Gasteiger partial charge < -0.3 is 14.4 Å². The van der Waals surface area contributed by atoms with Crippen LogP contribution in [0.5, 0.6) is 5.75 Å². The van der Waals surface area contributed by atoms with Crippen molar-refractivity contribution in [2.75, 3.05) is 0 Å². The zero-order chi connectivity index (χ0) is 18.9. The summed E-state index contributed by atoms with van der Waals surface area (Å²) in [5.74, 6) is -1.49. The number of halogens is 3. The first-order valence-electron chi connectivity index (χ1n) is 7.38. The lowest BCUT2D eigenvalue weighted by molar-refractivity contribution is -0.274.